The summed E-state index contributed by atoms with van der Waals surface area (Å²) in [4.78, 5) is 9.74. The normalized spacial score (nSPS) is 12.0. The lowest BCUT2D eigenvalue weighted by molar-refractivity contribution is -0.110. The number of carbonyl (C=O) groups excluding carboxylic acids is 1. The van der Waals surface area contributed by atoms with E-state index in [1.165, 1.54) is 0 Å². The molecular formula is C5H7NO. The van der Waals surface area contributed by atoms with Gasteiger partial charge in [0.05, 0.1) is 6.07 Å². The monoisotopic (exact) mass is 97.1 g/mol. The third kappa shape index (κ3) is 2.98. The maximum atomic E-state index is 9.74. The van der Waals surface area contributed by atoms with Crippen molar-refractivity contribution in [1.82, 2.24) is 0 Å². The molecule has 2 nitrogen and oxygen atoms in total. The summed E-state index contributed by atoms with van der Waals surface area (Å²) in [7, 11) is 0. The molecule has 7 heavy (non-hydrogen) atoms. The Labute approximate surface area is 42.8 Å². The van der Waals surface area contributed by atoms with Crippen LogP contribution >= 0.6 is 0 Å². The van der Waals surface area contributed by atoms with Crippen LogP contribution in [0.2, 0.25) is 0 Å². The Morgan fingerprint density at radius 2 is 2.57 bits per heavy atom. The second-order valence-corrected chi connectivity index (χ2v) is 1.48. The molecule has 0 aromatic rings. The molecule has 0 fully saturated rings. The molecule has 0 N–H and O–H groups in total. The van der Waals surface area contributed by atoms with Gasteiger partial charge < -0.3 is 4.79 Å². The number of carbonyl (C=O) groups is 1. The van der Waals surface area contributed by atoms with E-state index in [2.05, 4.69) is 0 Å². The summed E-state index contributed by atoms with van der Waals surface area (Å²) in [5, 5.41) is 7.96. The van der Waals surface area contributed by atoms with Crippen LogP contribution in [0.5, 0.6) is 0 Å². The maximum absolute atomic E-state index is 9.74. The Kier molecular flexibility index (Phi) is 2.95. The zero-order valence-corrected chi connectivity index (χ0v) is 4.22. The standard InChI is InChI=1S/C5H7NO/c1-5(4-7)2-3-6/h4-5H,2H2,1H3/t5-/m1/s1. The van der Waals surface area contributed by atoms with Gasteiger partial charge in [-0.2, -0.15) is 5.26 Å². The highest BCUT2D eigenvalue weighted by Gasteiger charge is 1.93. The van der Waals surface area contributed by atoms with Crippen molar-refractivity contribution in [1.29, 1.82) is 5.26 Å². The molecule has 0 aliphatic rings. The van der Waals surface area contributed by atoms with Crippen LogP contribution in [0, 0.1) is 17.2 Å². The molecule has 0 unspecified atom stereocenters. The number of nitrogens with zero attached hydrogens (tertiary/aromatic N) is 1. The van der Waals surface area contributed by atoms with Crippen molar-refractivity contribution in [2.45, 2.75) is 13.3 Å². The highest BCUT2D eigenvalue weighted by molar-refractivity contribution is 5.53. The number of hydrogen-bond acceptors (Lipinski definition) is 2. The number of aldehydes is 1. The van der Waals surface area contributed by atoms with Gasteiger partial charge in [-0.3, -0.25) is 0 Å². The van der Waals surface area contributed by atoms with Crippen LogP contribution in [0.4, 0.5) is 0 Å². The van der Waals surface area contributed by atoms with Gasteiger partial charge in [0.2, 0.25) is 0 Å². The maximum Gasteiger partial charge on any atom is 0.123 e. The molecule has 0 rings (SSSR count). The van der Waals surface area contributed by atoms with Crippen molar-refractivity contribution >= 4 is 6.29 Å². The quantitative estimate of drug-likeness (QED) is 0.477. The molecule has 0 heterocycles. The highest BCUT2D eigenvalue weighted by Crippen LogP contribution is 1.92. The van der Waals surface area contributed by atoms with E-state index >= 15 is 0 Å². The Bertz CT molecular complexity index is 92.7. The van der Waals surface area contributed by atoms with Gasteiger partial charge in [-0.25, -0.2) is 0 Å². The molecule has 0 saturated heterocycles. The Morgan fingerprint density at radius 1 is 2.00 bits per heavy atom. The van der Waals surface area contributed by atoms with Gasteiger partial charge in [0.25, 0.3) is 0 Å². The van der Waals surface area contributed by atoms with E-state index in [1.54, 1.807) is 6.92 Å². The summed E-state index contributed by atoms with van der Waals surface area (Å²) in [6.45, 7) is 1.72. The van der Waals surface area contributed by atoms with Crippen molar-refractivity contribution in [3.05, 3.63) is 0 Å². The molecular weight excluding hydrogens is 90.1 g/mol. The molecule has 0 aliphatic carbocycles. The molecule has 0 aromatic heterocycles. The molecule has 1 atom stereocenters. The lowest BCUT2D eigenvalue weighted by atomic mass is 10.1. The predicted molar refractivity (Wildman–Crippen MR) is 25.5 cm³/mol. The topological polar surface area (TPSA) is 40.9 Å². The average molecular weight is 97.1 g/mol. The van der Waals surface area contributed by atoms with Crippen molar-refractivity contribution in [2.75, 3.05) is 0 Å². The predicted octanol–water partition coefficient (Wildman–Crippen LogP) is 0.735. The minimum absolute atomic E-state index is 0.0926. The average Bonchev–Trinajstić information content (AvgIpc) is 1.68. The molecule has 0 aromatic carbocycles. The molecule has 38 valence electrons. The SMILES string of the molecule is C[C@@H](C=O)CC#N. The Hall–Kier alpha value is -0.840. The summed E-state index contributed by atoms with van der Waals surface area (Å²) >= 11 is 0. The third-order valence-corrected chi connectivity index (χ3v) is 0.646. The zero-order valence-electron chi connectivity index (χ0n) is 4.22. The van der Waals surface area contributed by atoms with E-state index in [4.69, 9.17) is 5.26 Å². The van der Waals surface area contributed by atoms with E-state index < -0.39 is 0 Å². The molecule has 2 heteroatoms. The van der Waals surface area contributed by atoms with Crippen LogP contribution in [-0.4, -0.2) is 6.29 Å². The van der Waals surface area contributed by atoms with Gasteiger partial charge in [-0.15, -0.1) is 0 Å². The van der Waals surface area contributed by atoms with E-state index in [-0.39, 0.29) is 5.92 Å². The molecule has 0 radical (unpaired) electrons. The van der Waals surface area contributed by atoms with Crippen LogP contribution < -0.4 is 0 Å². The van der Waals surface area contributed by atoms with Gasteiger partial charge >= 0.3 is 0 Å². The summed E-state index contributed by atoms with van der Waals surface area (Å²) < 4.78 is 0. The minimum Gasteiger partial charge on any atom is -0.303 e. The summed E-state index contributed by atoms with van der Waals surface area (Å²) in [5.41, 5.74) is 0. The first-order valence-corrected chi connectivity index (χ1v) is 2.13. The molecule has 0 bridgehead atoms. The van der Waals surface area contributed by atoms with Crippen molar-refractivity contribution in [3.63, 3.8) is 0 Å². The van der Waals surface area contributed by atoms with Gasteiger partial charge in [-0.05, 0) is 0 Å². The van der Waals surface area contributed by atoms with E-state index in [9.17, 15) is 4.79 Å². The number of hydrogen-bond donors (Lipinski definition) is 0. The fraction of sp³-hybridized carbons (Fsp3) is 0.600. The first kappa shape index (κ1) is 6.16. The van der Waals surface area contributed by atoms with Crippen LogP contribution in [-0.2, 0) is 4.79 Å². The largest absolute Gasteiger partial charge is 0.303 e. The van der Waals surface area contributed by atoms with Gasteiger partial charge in [-0.1, -0.05) is 6.92 Å². The molecule has 0 amide bonds. The Morgan fingerprint density at radius 3 is 2.71 bits per heavy atom. The van der Waals surface area contributed by atoms with Gasteiger partial charge in [0, 0.05) is 12.3 Å². The van der Waals surface area contributed by atoms with Crippen LogP contribution in [0.25, 0.3) is 0 Å². The van der Waals surface area contributed by atoms with Crippen LogP contribution in [0.15, 0.2) is 0 Å². The minimum atomic E-state index is -0.0926. The molecule has 0 aliphatic heterocycles. The van der Waals surface area contributed by atoms with Crippen LogP contribution in [0.3, 0.4) is 0 Å². The first-order valence-electron chi connectivity index (χ1n) is 2.13. The van der Waals surface area contributed by atoms with Crippen molar-refractivity contribution < 1.29 is 4.79 Å². The first-order chi connectivity index (χ1) is 3.31. The van der Waals surface area contributed by atoms with Gasteiger partial charge in [0.15, 0.2) is 0 Å². The lowest BCUT2D eigenvalue weighted by Gasteiger charge is -1.87. The van der Waals surface area contributed by atoms with E-state index in [0.29, 0.717) is 6.42 Å². The Balaban J connectivity index is 3.21. The molecule has 0 spiro atoms. The smallest absolute Gasteiger partial charge is 0.123 e. The summed E-state index contributed by atoms with van der Waals surface area (Å²) in [6.07, 6.45) is 1.12. The number of nitriles is 1. The van der Waals surface area contributed by atoms with Gasteiger partial charge in [0.1, 0.15) is 6.29 Å². The van der Waals surface area contributed by atoms with E-state index in [0.717, 1.165) is 6.29 Å². The zero-order chi connectivity index (χ0) is 5.70. The van der Waals surface area contributed by atoms with Crippen LogP contribution in [0.1, 0.15) is 13.3 Å². The fourth-order valence-electron chi connectivity index (χ4n) is 0.192. The van der Waals surface area contributed by atoms with E-state index in [1.807, 2.05) is 6.07 Å². The second-order valence-electron chi connectivity index (χ2n) is 1.48. The van der Waals surface area contributed by atoms with Crippen molar-refractivity contribution in [3.8, 4) is 6.07 Å². The molecule has 0 saturated carbocycles. The summed E-state index contributed by atoms with van der Waals surface area (Å²) in [5.74, 6) is -0.0926. The second kappa shape index (κ2) is 3.35. The fourth-order valence-corrected chi connectivity index (χ4v) is 0.192. The van der Waals surface area contributed by atoms with Crippen molar-refractivity contribution in [2.24, 2.45) is 5.92 Å². The third-order valence-electron chi connectivity index (χ3n) is 0.646. The summed E-state index contributed by atoms with van der Waals surface area (Å²) in [6, 6.07) is 1.89. The lowest BCUT2D eigenvalue weighted by Crippen LogP contribution is -1.91. The number of rotatable bonds is 2. The highest BCUT2D eigenvalue weighted by atomic mass is 16.1.